The van der Waals surface area contributed by atoms with E-state index in [0.29, 0.717) is 11.5 Å². The molecule has 0 amide bonds. The number of aliphatic hydroxyl groups is 1. The second-order valence-corrected chi connectivity index (χ2v) is 10.6. The summed E-state index contributed by atoms with van der Waals surface area (Å²) in [5.41, 5.74) is -4.16. The van der Waals surface area contributed by atoms with E-state index in [9.17, 15) is 19.3 Å². The number of phosphoric acid groups is 1. The maximum absolute atomic E-state index is 15.6. The lowest BCUT2D eigenvalue weighted by molar-refractivity contribution is -0.0602. The third-order valence-electron chi connectivity index (χ3n) is 6.36. The van der Waals surface area contributed by atoms with Gasteiger partial charge in [0.05, 0.1) is 6.61 Å². The fraction of sp³-hybridized carbons (Fsp3) is 0.333. The number of hydrogen-bond donors (Lipinski definition) is 2. The van der Waals surface area contributed by atoms with Crippen molar-refractivity contribution in [2.24, 2.45) is 0 Å². The maximum Gasteiger partial charge on any atom is 0.587 e. The van der Waals surface area contributed by atoms with Crippen molar-refractivity contribution in [3.05, 3.63) is 69.5 Å². The number of para-hydroxylation sites is 2. The van der Waals surface area contributed by atoms with Crippen LogP contribution in [0.15, 0.2) is 58.3 Å². The molecule has 3 aliphatic rings. The topological polar surface area (TPSA) is 166 Å². The number of halogens is 1. The summed E-state index contributed by atoms with van der Waals surface area (Å²) in [5.74, 6) is 0.891. The predicted octanol–water partition coefficient (Wildman–Crippen LogP) is 2.26. The number of alkyl halides is 1. The zero-order valence-corrected chi connectivity index (χ0v) is 21.6. The Morgan fingerprint density at radius 2 is 1.62 bits per heavy atom. The lowest BCUT2D eigenvalue weighted by Gasteiger charge is -2.24. The summed E-state index contributed by atoms with van der Waals surface area (Å²) < 4.78 is 74.4. The van der Waals surface area contributed by atoms with E-state index in [1.807, 2.05) is 4.98 Å². The van der Waals surface area contributed by atoms with Crippen LogP contribution in [-0.4, -0.2) is 52.7 Å². The van der Waals surface area contributed by atoms with E-state index >= 15 is 4.39 Å². The minimum atomic E-state index is -4.66. The molecule has 0 aliphatic carbocycles. The van der Waals surface area contributed by atoms with Crippen molar-refractivity contribution in [2.75, 3.05) is 20.2 Å². The van der Waals surface area contributed by atoms with Crippen molar-refractivity contribution < 1.29 is 51.3 Å². The van der Waals surface area contributed by atoms with Gasteiger partial charge in [0.15, 0.2) is 34.9 Å². The number of nitrogens with one attached hydrogen (secondary N) is 1. The number of benzene rings is 2. The largest absolute Gasteiger partial charge is 0.587 e. The molecule has 1 fully saturated rings. The first-order chi connectivity index (χ1) is 19.1. The molecule has 0 radical (unpaired) electrons. The van der Waals surface area contributed by atoms with E-state index in [-0.39, 0.29) is 36.6 Å². The number of rotatable bonds is 8. The van der Waals surface area contributed by atoms with Crippen molar-refractivity contribution in [3.8, 4) is 34.5 Å². The number of ether oxygens (including phenoxy) is 5. The molecular weight excluding hydrogens is 558 g/mol. The van der Waals surface area contributed by atoms with Gasteiger partial charge < -0.3 is 37.8 Å². The maximum atomic E-state index is 15.6. The molecule has 0 spiro atoms. The summed E-state index contributed by atoms with van der Waals surface area (Å²) in [7, 11) is -4.66. The van der Waals surface area contributed by atoms with Crippen molar-refractivity contribution in [1.82, 2.24) is 9.55 Å². The first-order valence-corrected chi connectivity index (χ1v) is 13.4. The van der Waals surface area contributed by atoms with Crippen molar-refractivity contribution in [3.63, 3.8) is 0 Å². The molecule has 16 heteroatoms. The number of phosphoric ester groups is 1. The number of H-pyrrole nitrogens is 1. The Kier molecular flexibility index (Phi) is 6.45. The highest BCUT2D eigenvalue weighted by Gasteiger charge is 2.56. The third kappa shape index (κ3) is 4.66. The molecule has 40 heavy (non-hydrogen) atoms. The van der Waals surface area contributed by atoms with Crippen molar-refractivity contribution >= 4 is 7.82 Å². The van der Waals surface area contributed by atoms with Gasteiger partial charge in [0.1, 0.15) is 12.2 Å². The molecule has 6 rings (SSSR count). The minimum Gasteiger partial charge on any atom is -0.453 e. The van der Waals surface area contributed by atoms with Gasteiger partial charge in [-0.1, -0.05) is 12.1 Å². The zero-order chi connectivity index (χ0) is 28.1. The van der Waals surface area contributed by atoms with Crippen LogP contribution in [0.2, 0.25) is 0 Å². The van der Waals surface area contributed by atoms with E-state index in [2.05, 4.69) is 0 Å². The van der Waals surface area contributed by atoms with Crippen LogP contribution in [0.3, 0.4) is 0 Å². The summed E-state index contributed by atoms with van der Waals surface area (Å²) in [6.07, 6.45) is -3.90. The molecule has 1 aromatic heterocycles. The molecule has 3 aliphatic heterocycles. The molecule has 2 N–H and O–H groups in total. The lowest BCUT2D eigenvalue weighted by atomic mass is 9.98. The number of aromatic amines is 1. The monoisotopic (exact) mass is 580 g/mol. The molecule has 0 bridgehead atoms. The van der Waals surface area contributed by atoms with Crippen LogP contribution in [0.4, 0.5) is 4.39 Å². The lowest BCUT2D eigenvalue weighted by Crippen LogP contribution is -2.43. The Balaban J connectivity index is 1.28. The van der Waals surface area contributed by atoms with Crippen LogP contribution in [0.25, 0.3) is 0 Å². The van der Waals surface area contributed by atoms with Gasteiger partial charge in [-0.05, 0) is 31.2 Å². The summed E-state index contributed by atoms with van der Waals surface area (Å²) in [5, 5.41) is 10.7. The molecular formula is C24H22FN2O12P. The van der Waals surface area contributed by atoms with Crippen molar-refractivity contribution in [2.45, 2.75) is 31.0 Å². The standard InChI is InChI=1S/C24H22FN2O12P/c1-24(25)21(29)17(37-22(24)27-9-8-18(28)26-23(27)30)10-36-40(31,38-15-6-2-4-13-19(15)34-11-32-13)39-16-7-3-5-14-20(16)35-12-33-14/h2-9,17,21-22,29H,10-12H2,1H3,(H,26,28,30)/t17-,21-,22-,24-/m1/s1. The molecule has 3 aromatic rings. The highest BCUT2D eigenvalue weighted by Crippen LogP contribution is 2.57. The Labute approximate surface area is 224 Å². The molecule has 0 saturated carbocycles. The average Bonchev–Trinajstić information content (AvgIpc) is 3.64. The summed E-state index contributed by atoms with van der Waals surface area (Å²) in [6, 6.07) is 10.2. The van der Waals surface area contributed by atoms with Gasteiger partial charge in [0, 0.05) is 12.3 Å². The van der Waals surface area contributed by atoms with Gasteiger partial charge in [-0.15, -0.1) is 0 Å². The highest BCUT2D eigenvalue weighted by atomic mass is 31.2. The van der Waals surface area contributed by atoms with Gasteiger partial charge in [-0.2, -0.15) is 0 Å². The van der Waals surface area contributed by atoms with Gasteiger partial charge in [0.2, 0.25) is 25.1 Å². The Hall–Kier alpha value is -4.04. The number of fused-ring (bicyclic) bond motifs is 2. The van der Waals surface area contributed by atoms with Crippen LogP contribution in [0, 0.1) is 0 Å². The first kappa shape index (κ1) is 26.2. The fourth-order valence-corrected chi connectivity index (χ4v) is 5.63. The Morgan fingerprint density at radius 3 is 2.20 bits per heavy atom. The molecule has 212 valence electrons. The number of aliphatic hydroxyl groups excluding tert-OH is 1. The van der Waals surface area contributed by atoms with Gasteiger partial charge >= 0.3 is 13.5 Å². The molecule has 1 saturated heterocycles. The van der Waals surface area contributed by atoms with E-state index in [1.165, 1.54) is 12.1 Å². The normalized spacial score (nSPS) is 24.7. The van der Waals surface area contributed by atoms with Crippen LogP contribution < -0.4 is 39.2 Å². The second kappa shape index (κ2) is 9.86. The number of aromatic nitrogens is 2. The summed E-state index contributed by atoms with van der Waals surface area (Å²) in [6.45, 7) is 0.122. The third-order valence-corrected chi connectivity index (χ3v) is 7.66. The van der Waals surface area contributed by atoms with Gasteiger partial charge in [-0.3, -0.25) is 18.9 Å². The molecule has 14 nitrogen and oxygen atoms in total. The Morgan fingerprint density at radius 1 is 1.02 bits per heavy atom. The van der Waals surface area contributed by atoms with E-state index < -0.39 is 49.8 Å². The van der Waals surface area contributed by atoms with Crippen molar-refractivity contribution in [1.29, 1.82) is 0 Å². The highest BCUT2D eigenvalue weighted by molar-refractivity contribution is 7.49. The smallest absolute Gasteiger partial charge is 0.453 e. The Bertz CT molecular complexity index is 1540. The average molecular weight is 580 g/mol. The van der Waals surface area contributed by atoms with Crippen LogP contribution in [0.5, 0.6) is 34.5 Å². The van der Waals surface area contributed by atoms with Crippen LogP contribution in [0.1, 0.15) is 13.2 Å². The van der Waals surface area contributed by atoms with Gasteiger partial charge in [-0.25, -0.2) is 13.8 Å². The molecule has 0 unspecified atom stereocenters. The zero-order valence-electron chi connectivity index (χ0n) is 20.7. The molecule has 4 atom stereocenters. The summed E-state index contributed by atoms with van der Waals surface area (Å²) in [4.78, 5) is 25.7. The van der Waals surface area contributed by atoms with Crippen LogP contribution in [-0.2, 0) is 13.8 Å². The van der Waals surface area contributed by atoms with E-state index in [1.54, 1.807) is 24.3 Å². The second-order valence-electron chi connectivity index (χ2n) is 9.05. The SMILES string of the molecule is C[C@@]1(F)[C@H](O)[C@@H](COP(=O)(Oc2cccc3c2OCO3)Oc2cccc3c2OCO3)O[C@H]1n1ccc(=O)[nH]c1=O. The first-order valence-electron chi connectivity index (χ1n) is 11.9. The molecule has 4 heterocycles. The van der Waals surface area contributed by atoms with Gasteiger partial charge in [0.25, 0.3) is 5.56 Å². The number of hydrogen-bond acceptors (Lipinski definition) is 12. The molecule has 2 aromatic carbocycles. The van der Waals surface area contributed by atoms with Crippen LogP contribution >= 0.6 is 7.82 Å². The number of nitrogens with zero attached hydrogens (tertiary/aromatic N) is 1. The quantitative estimate of drug-likeness (QED) is 0.374. The minimum absolute atomic E-state index is 0.0380. The van der Waals surface area contributed by atoms with E-state index in [0.717, 1.165) is 23.8 Å². The van der Waals surface area contributed by atoms with E-state index in [4.69, 9.17) is 37.3 Å². The fourth-order valence-electron chi connectivity index (χ4n) is 4.39. The predicted molar refractivity (Wildman–Crippen MR) is 131 cm³/mol. The summed E-state index contributed by atoms with van der Waals surface area (Å²) >= 11 is 0.